The highest BCUT2D eigenvalue weighted by Crippen LogP contribution is 2.07. The summed E-state index contributed by atoms with van der Waals surface area (Å²) in [6.45, 7) is 56.3. The minimum atomic E-state index is 0.00463. The van der Waals surface area contributed by atoms with Crippen LogP contribution in [0.1, 0.15) is 125 Å². The van der Waals surface area contributed by atoms with Crippen molar-refractivity contribution >= 4 is 47.0 Å². The number of hydrogen-bond acceptors (Lipinski definition) is 24. The summed E-state index contributed by atoms with van der Waals surface area (Å²) in [7, 11) is 3.61. The molecule has 6 atom stereocenters. The number of methoxy groups -OCH3 is 1. The molecule has 0 radical (unpaired) electrons. The van der Waals surface area contributed by atoms with Crippen LogP contribution in [0.2, 0.25) is 0 Å². The number of rotatable bonds is 30. The maximum Gasteiger partial charge on any atom is 0.193 e. The molecule has 0 aromatic carbocycles. The second-order valence-corrected chi connectivity index (χ2v) is 20.2. The highest BCUT2D eigenvalue weighted by Gasteiger charge is 1.96. The van der Waals surface area contributed by atoms with Crippen LogP contribution in [0.5, 0.6) is 0 Å². The molecular formula is C51H133N13O7S4. The van der Waals surface area contributed by atoms with Crippen LogP contribution in [0, 0.1) is 0 Å². The van der Waals surface area contributed by atoms with Gasteiger partial charge in [0.15, 0.2) is 5.88 Å². The van der Waals surface area contributed by atoms with Crippen molar-refractivity contribution < 1.29 is 34.3 Å². The molecule has 0 aromatic rings. The number of nitrogens with two attached hydrogens (primary N) is 6. The lowest BCUT2D eigenvalue weighted by Crippen LogP contribution is -2.32. The zero-order valence-electron chi connectivity index (χ0n) is 52.4. The van der Waals surface area contributed by atoms with Gasteiger partial charge in [0.2, 0.25) is 0 Å². The smallest absolute Gasteiger partial charge is 0.193 e. The number of aliphatic hydroxyl groups excluding tert-OH is 3. The second-order valence-electron chi connectivity index (χ2n) is 14.3. The van der Waals surface area contributed by atoms with Gasteiger partial charge >= 0.3 is 0 Å². The number of thioether (sulfide) groups is 4. The Morgan fingerprint density at radius 2 is 0.973 bits per heavy atom. The van der Waals surface area contributed by atoms with Crippen LogP contribution in [-0.4, -0.2) is 186 Å². The van der Waals surface area contributed by atoms with E-state index in [4.69, 9.17) is 64.3 Å². The molecule has 20 nitrogen and oxygen atoms in total. The first kappa shape index (κ1) is 103. The van der Waals surface area contributed by atoms with Crippen molar-refractivity contribution in [3.8, 4) is 0 Å². The number of likely N-dealkylation sites (N-methyl/N-ethyl adjacent to an activating group) is 2. The van der Waals surface area contributed by atoms with Crippen LogP contribution >= 0.6 is 47.0 Å². The van der Waals surface area contributed by atoms with Gasteiger partial charge in [0.25, 0.3) is 0 Å². The van der Waals surface area contributed by atoms with Crippen molar-refractivity contribution in [3.63, 3.8) is 0 Å². The van der Waals surface area contributed by atoms with Crippen molar-refractivity contribution in [2.75, 3.05) is 135 Å². The molecule has 75 heavy (non-hydrogen) atoms. The van der Waals surface area contributed by atoms with Crippen molar-refractivity contribution in [3.05, 3.63) is 36.5 Å². The third-order valence-electron chi connectivity index (χ3n) is 7.17. The summed E-state index contributed by atoms with van der Waals surface area (Å²) in [4.78, 5) is 0. The molecule has 0 aliphatic heterocycles. The number of nitrogens with one attached hydrogen (secondary N) is 7. The van der Waals surface area contributed by atoms with Crippen molar-refractivity contribution in [1.29, 1.82) is 0 Å². The molecule has 0 aliphatic carbocycles. The fourth-order valence-electron chi connectivity index (χ4n) is 2.92. The first-order chi connectivity index (χ1) is 35.5. The summed E-state index contributed by atoms with van der Waals surface area (Å²) in [5.41, 5.74) is 22.9. The van der Waals surface area contributed by atoms with Gasteiger partial charge in [-0.3, -0.25) is 11.3 Å². The monoisotopic (exact) mass is 1170 g/mol. The van der Waals surface area contributed by atoms with Gasteiger partial charge in [-0.15, -0.1) is 11.8 Å². The quantitative estimate of drug-likeness (QED) is 0.0246. The van der Waals surface area contributed by atoms with Gasteiger partial charge in [-0.2, -0.15) is 35.3 Å². The Hall–Kier alpha value is -0.980. The Balaban J connectivity index is -0.0000000580. The predicted octanol–water partition coefficient (Wildman–Crippen LogP) is 5.31. The Bertz CT molecular complexity index is 782. The summed E-state index contributed by atoms with van der Waals surface area (Å²) < 4.78 is 19.3. The van der Waals surface area contributed by atoms with E-state index in [0.717, 1.165) is 69.0 Å². The van der Waals surface area contributed by atoms with Crippen molar-refractivity contribution in [1.82, 2.24) is 37.5 Å². The van der Waals surface area contributed by atoms with Crippen LogP contribution in [0.4, 0.5) is 0 Å². The van der Waals surface area contributed by atoms with Gasteiger partial charge in [0, 0.05) is 75.7 Å². The van der Waals surface area contributed by atoms with E-state index >= 15 is 0 Å². The van der Waals surface area contributed by atoms with Crippen LogP contribution in [0.25, 0.3) is 0 Å². The molecule has 0 aromatic heterocycles. The Labute approximate surface area is 482 Å². The fourth-order valence-corrected chi connectivity index (χ4v) is 4.73. The molecule has 6 unspecified atom stereocenters. The highest BCUT2D eigenvalue weighted by atomic mass is 32.2. The Morgan fingerprint density at radius 1 is 0.533 bits per heavy atom. The van der Waals surface area contributed by atoms with Gasteiger partial charge in [-0.25, -0.2) is 11.7 Å². The molecule has 468 valence electrons. The van der Waals surface area contributed by atoms with E-state index in [1.807, 2.05) is 107 Å². The number of aliphatic hydroxyl groups is 3. The molecular weight excluding hydrogens is 1030 g/mol. The van der Waals surface area contributed by atoms with E-state index in [2.05, 4.69) is 117 Å². The molecule has 0 rings (SSSR count). The number of hydrogen-bond donors (Lipinski definition) is 16. The molecule has 0 bridgehead atoms. The highest BCUT2D eigenvalue weighted by molar-refractivity contribution is 8.03. The Kier molecular flexibility index (Phi) is 149. The predicted molar refractivity (Wildman–Crippen MR) is 346 cm³/mol. The van der Waals surface area contributed by atoms with Gasteiger partial charge in [-0.05, 0) is 125 Å². The molecule has 0 heterocycles. The molecule has 0 saturated carbocycles. The van der Waals surface area contributed by atoms with Crippen LogP contribution in [-0.2, 0) is 18.9 Å². The van der Waals surface area contributed by atoms with Gasteiger partial charge in [0.1, 0.15) is 5.82 Å². The lowest BCUT2D eigenvalue weighted by atomic mass is 10.3. The topological polar surface area (TPSA) is 338 Å². The summed E-state index contributed by atoms with van der Waals surface area (Å²) in [5.74, 6) is 20.4. The normalized spacial score (nSPS) is 11.3. The summed E-state index contributed by atoms with van der Waals surface area (Å²) in [6.07, 6.45) is 2.33. The van der Waals surface area contributed by atoms with Crippen molar-refractivity contribution in [2.24, 2.45) is 34.7 Å². The number of ether oxygens (including phenoxy) is 4. The standard InChI is InChI=1S/C5H14N2.2C5H13NO.C5H13NS.C5H12O2.C5H12OS.C4H11N3.C4H10N2O.C4H10N2S.C3H9N.C3H8O.C3H8S/c2*1-3-7-5(2)4-6;1-3-6-5(2)4-7;3*1-3-7-5(2)4-6;1-3-6-4(2)7-5;2*1-3-7-4(2)6-5;3*1-3-4-2/h5,7H,3-4,6H2,1-2H3;5H,3-4,6H2,1-2H3;5-7H,3-4H2,1-2H3;5H,3-4,6H2,1-2H3;2*5-6H,3-4H2,1-2H3;6-7H,2-3,5H2,1H3;2*6H,2-3,5H2,1H3;4H,3H2,1-2H3;2*3H2,1-2H3. The molecule has 0 amide bonds. The maximum atomic E-state index is 8.45. The van der Waals surface area contributed by atoms with Gasteiger partial charge in [0.05, 0.1) is 43.7 Å². The maximum absolute atomic E-state index is 8.45. The molecule has 22 N–H and O–H groups in total. The van der Waals surface area contributed by atoms with Crippen LogP contribution in [0.15, 0.2) is 36.5 Å². The zero-order chi connectivity index (χ0) is 61.5. The van der Waals surface area contributed by atoms with E-state index in [-0.39, 0.29) is 31.5 Å². The van der Waals surface area contributed by atoms with Gasteiger partial charge < -0.3 is 83.6 Å². The SMILES string of the molecule is C=C(NN)NCC.C=C(NN)OCC.C=C(NN)SCC.CCNC.CCNC(C)CN.CCNC(C)CO.CCOC.CCOC(C)CN.CCOC(C)CO.CCSC.CCSC(C)CN.CCSC(C)CO. The third-order valence-corrected chi connectivity index (χ3v) is 10.6. The minimum absolute atomic E-state index is 0.00463. The fraction of sp³-hybridized carbons (Fsp3) is 0.882. The zero-order valence-corrected chi connectivity index (χ0v) is 55.7. The van der Waals surface area contributed by atoms with E-state index in [1.54, 1.807) is 30.6 Å². The lowest BCUT2D eigenvalue weighted by Gasteiger charge is -2.06. The van der Waals surface area contributed by atoms with E-state index in [9.17, 15) is 0 Å². The average molecular weight is 1170 g/mol. The Morgan fingerprint density at radius 3 is 1.09 bits per heavy atom. The minimum Gasteiger partial charge on any atom is -0.479 e. The first-order valence-electron chi connectivity index (χ1n) is 26.5. The van der Waals surface area contributed by atoms with E-state index in [1.165, 1.54) is 11.5 Å². The summed E-state index contributed by atoms with van der Waals surface area (Å²) in [5, 5.41) is 39.1. The summed E-state index contributed by atoms with van der Waals surface area (Å²) in [6, 6.07) is 0.731. The van der Waals surface area contributed by atoms with Crippen LogP contribution in [0.3, 0.4) is 0 Å². The van der Waals surface area contributed by atoms with E-state index in [0.29, 0.717) is 54.6 Å². The molecule has 24 heteroatoms. The van der Waals surface area contributed by atoms with Crippen molar-refractivity contribution in [2.45, 2.75) is 159 Å². The lowest BCUT2D eigenvalue weighted by molar-refractivity contribution is 0.0325. The summed E-state index contributed by atoms with van der Waals surface area (Å²) >= 11 is 7.14. The third kappa shape index (κ3) is 167. The van der Waals surface area contributed by atoms with Crippen LogP contribution < -0.4 is 72.3 Å². The second kappa shape index (κ2) is 109. The van der Waals surface area contributed by atoms with Gasteiger partial charge in [-0.1, -0.05) is 75.5 Å². The largest absolute Gasteiger partial charge is 0.479 e. The average Bonchev–Trinajstić information content (AvgIpc) is 3.42. The number of hydrazine groups is 3. The first-order valence-corrected chi connectivity index (χ1v) is 30.9. The molecule has 0 spiro atoms. The van der Waals surface area contributed by atoms with E-state index < -0.39 is 0 Å². The molecule has 0 fully saturated rings. The molecule has 0 aliphatic rings. The molecule has 0 saturated heterocycles.